The highest BCUT2D eigenvalue weighted by atomic mass is 32.2. The van der Waals surface area contributed by atoms with Crippen LogP contribution >= 0.6 is 11.3 Å². The Morgan fingerprint density at radius 2 is 1.87 bits per heavy atom. The molecule has 158 valence electrons. The van der Waals surface area contributed by atoms with Gasteiger partial charge >= 0.3 is 0 Å². The minimum atomic E-state index is -3.74. The SMILES string of the molecule is COc1cccc(N(C(C)C(=O)Nc2nnc(-c3ccc(C)cc3)s2)S(C)(=O)=O)c1. The number of sulfonamides is 1. The zero-order chi connectivity index (χ0) is 21.9. The monoisotopic (exact) mass is 446 g/mol. The third-order valence-electron chi connectivity index (χ3n) is 4.35. The Morgan fingerprint density at radius 3 is 2.50 bits per heavy atom. The van der Waals surface area contributed by atoms with Crippen molar-refractivity contribution in [2.75, 3.05) is 23.0 Å². The largest absolute Gasteiger partial charge is 0.497 e. The molecule has 0 aliphatic rings. The van der Waals surface area contributed by atoms with Gasteiger partial charge in [-0.25, -0.2) is 8.42 Å². The molecule has 0 radical (unpaired) electrons. The molecule has 0 saturated heterocycles. The predicted octanol–water partition coefficient (Wildman–Crippen LogP) is 3.32. The van der Waals surface area contributed by atoms with Crippen LogP contribution in [0, 0.1) is 6.92 Å². The van der Waals surface area contributed by atoms with Gasteiger partial charge in [0.15, 0.2) is 0 Å². The smallest absolute Gasteiger partial charge is 0.249 e. The van der Waals surface area contributed by atoms with Crippen molar-refractivity contribution in [2.45, 2.75) is 19.9 Å². The molecule has 1 unspecified atom stereocenters. The lowest BCUT2D eigenvalue weighted by molar-refractivity contribution is -0.116. The number of benzene rings is 2. The Bertz CT molecular complexity index is 1140. The van der Waals surface area contributed by atoms with E-state index < -0.39 is 22.0 Å². The maximum atomic E-state index is 12.8. The van der Waals surface area contributed by atoms with Crippen LogP contribution in [-0.4, -0.2) is 43.9 Å². The van der Waals surface area contributed by atoms with Gasteiger partial charge in [0, 0.05) is 11.6 Å². The molecule has 0 bridgehead atoms. The van der Waals surface area contributed by atoms with Crippen LogP contribution in [0.2, 0.25) is 0 Å². The number of nitrogens with one attached hydrogen (secondary N) is 1. The maximum absolute atomic E-state index is 12.8. The molecule has 0 aliphatic heterocycles. The fourth-order valence-electron chi connectivity index (χ4n) is 2.85. The number of hydrogen-bond donors (Lipinski definition) is 1. The van der Waals surface area contributed by atoms with Gasteiger partial charge in [-0.05, 0) is 26.0 Å². The molecule has 3 aromatic rings. The fourth-order valence-corrected chi connectivity index (χ4v) is 4.77. The van der Waals surface area contributed by atoms with Crippen molar-refractivity contribution < 1.29 is 17.9 Å². The van der Waals surface area contributed by atoms with Gasteiger partial charge < -0.3 is 4.74 Å². The van der Waals surface area contributed by atoms with E-state index in [1.165, 1.54) is 25.4 Å². The molecule has 3 rings (SSSR count). The van der Waals surface area contributed by atoms with Crippen LogP contribution in [0.3, 0.4) is 0 Å². The summed E-state index contributed by atoms with van der Waals surface area (Å²) in [5, 5.41) is 11.7. The van der Waals surface area contributed by atoms with Gasteiger partial charge in [0.1, 0.15) is 16.8 Å². The van der Waals surface area contributed by atoms with Crippen LogP contribution in [0.1, 0.15) is 12.5 Å². The Labute approximate surface area is 179 Å². The van der Waals surface area contributed by atoms with Crippen LogP contribution < -0.4 is 14.4 Å². The average Bonchev–Trinajstić information content (AvgIpc) is 3.16. The standard InChI is InChI=1S/C20H22N4O4S2/c1-13-8-10-15(11-9-13)19-22-23-20(29-19)21-18(25)14(2)24(30(4,26)27)16-6-5-7-17(12-16)28-3/h5-12,14H,1-4H3,(H,21,23,25). The molecule has 1 amide bonds. The summed E-state index contributed by atoms with van der Waals surface area (Å²) in [5.74, 6) is -0.0320. The number of nitrogens with zero attached hydrogens (tertiary/aromatic N) is 3. The van der Waals surface area contributed by atoms with Gasteiger partial charge in [-0.1, -0.05) is 47.2 Å². The third kappa shape index (κ3) is 4.95. The van der Waals surface area contributed by atoms with Crippen molar-refractivity contribution in [1.82, 2.24) is 10.2 Å². The second kappa shape index (κ2) is 8.80. The van der Waals surface area contributed by atoms with Crippen LogP contribution in [0.15, 0.2) is 48.5 Å². The molecule has 1 N–H and O–H groups in total. The highest BCUT2D eigenvalue weighted by Gasteiger charge is 2.30. The second-order valence-corrected chi connectivity index (χ2v) is 9.54. The molecule has 1 heterocycles. The number of aromatic nitrogens is 2. The van der Waals surface area contributed by atoms with Gasteiger partial charge in [0.05, 0.1) is 19.1 Å². The first-order valence-electron chi connectivity index (χ1n) is 9.04. The lowest BCUT2D eigenvalue weighted by atomic mass is 10.2. The quantitative estimate of drug-likeness (QED) is 0.597. The van der Waals surface area contributed by atoms with Crippen molar-refractivity contribution in [2.24, 2.45) is 0 Å². The molecular weight excluding hydrogens is 424 g/mol. The first-order chi connectivity index (χ1) is 14.2. The Hall–Kier alpha value is -2.98. The number of hydrogen-bond acceptors (Lipinski definition) is 7. The van der Waals surface area contributed by atoms with E-state index in [1.54, 1.807) is 24.3 Å². The van der Waals surface area contributed by atoms with E-state index in [1.807, 2.05) is 31.2 Å². The number of rotatable bonds is 7. The summed E-state index contributed by atoms with van der Waals surface area (Å²) >= 11 is 1.22. The minimum absolute atomic E-state index is 0.293. The van der Waals surface area contributed by atoms with Crippen molar-refractivity contribution in [3.63, 3.8) is 0 Å². The summed E-state index contributed by atoms with van der Waals surface area (Å²) < 4.78 is 31.1. The highest BCUT2D eigenvalue weighted by Crippen LogP contribution is 2.28. The van der Waals surface area contributed by atoms with E-state index in [2.05, 4.69) is 15.5 Å². The van der Waals surface area contributed by atoms with Crippen molar-refractivity contribution >= 4 is 38.1 Å². The van der Waals surface area contributed by atoms with E-state index in [9.17, 15) is 13.2 Å². The Balaban J connectivity index is 1.81. The van der Waals surface area contributed by atoms with E-state index in [0.29, 0.717) is 21.6 Å². The molecule has 0 aliphatic carbocycles. The fraction of sp³-hybridized carbons (Fsp3) is 0.250. The summed E-state index contributed by atoms with van der Waals surface area (Å²) in [7, 11) is -2.25. The van der Waals surface area contributed by atoms with Crippen molar-refractivity contribution in [3.8, 4) is 16.3 Å². The number of anilines is 2. The molecule has 0 spiro atoms. The van der Waals surface area contributed by atoms with Crippen molar-refractivity contribution in [1.29, 1.82) is 0 Å². The predicted molar refractivity (Wildman–Crippen MR) is 118 cm³/mol. The van der Waals surface area contributed by atoms with Gasteiger partial charge in [0.2, 0.25) is 21.1 Å². The lowest BCUT2D eigenvalue weighted by Gasteiger charge is -2.28. The molecule has 30 heavy (non-hydrogen) atoms. The summed E-state index contributed by atoms with van der Waals surface area (Å²) in [5.41, 5.74) is 2.35. The Morgan fingerprint density at radius 1 is 1.17 bits per heavy atom. The number of carbonyl (C=O) groups is 1. The zero-order valence-corrected chi connectivity index (χ0v) is 18.6. The maximum Gasteiger partial charge on any atom is 0.249 e. The summed E-state index contributed by atoms with van der Waals surface area (Å²) in [6, 6.07) is 13.3. The van der Waals surface area contributed by atoms with E-state index >= 15 is 0 Å². The molecular formula is C20H22N4O4S2. The Kier molecular flexibility index (Phi) is 6.37. The van der Waals surface area contributed by atoms with Crippen LogP contribution in [0.25, 0.3) is 10.6 Å². The van der Waals surface area contributed by atoms with E-state index in [0.717, 1.165) is 21.7 Å². The third-order valence-corrected chi connectivity index (χ3v) is 6.48. The zero-order valence-electron chi connectivity index (χ0n) is 17.0. The summed E-state index contributed by atoms with van der Waals surface area (Å²) in [6.07, 6.45) is 1.05. The van der Waals surface area contributed by atoms with Gasteiger partial charge in [0.25, 0.3) is 0 Å². The average molecular weight is 447 g/mol. The minimum Gasteiger partial charge on any atom is -0.497 e. The number of ether oxygens (including phenoxy) is 1. The number of aryl methyl sites for hydroxylation is 1. The van der Waals surface area contributed by atoms with Crippen molar-refractivity contribution in [3.05, 3.63) is 54.1 Å². The molecule has 0 saturated carbocycles. The van der Waals surface area contributed by atoms with E-state index in [4.69, 9.17) is 4.74 Å². The number of methoxy groups -OCH3 is 1. The topological polar surface area (TPSA) is 101 Å². The van der Waals surface area contributed by atoms with Gasteiger partial charge in [-0.3, -0.25) is 14.4 Å². The van der Waals surface area contributed by atoms with Crippen LogP contribution in [0.5, 0.6) is 5.75 Å². The first kappa shape index (κ1) is 21.7. The number of amides is 1. The molecule has 0 fully saturated rings. The lowest BCUT2D eigenvalue weighted by Crippen LogP contribution is -2.45. The summed E-state index contributed by atoms with van der Waals surface area (Å²) in [4.78, 5) is 12.8. The highest BCUT2D eigenvalue weighted by molar-refractivity contribution is 7.92. The van der Waals surface area contributed by atoms with Gasteiger partial charge in [-0.2, -0.15) is 0 Å². The van der Waals surface area contributed by atoms with Crippen LogP contribution in [0.4, 0.5) is 10.8 Å². The second-order valence-electron chi connectivity index (χ2n) is 6.70. The molecule has 10 heteroatoms. The molecule has 1 atom stereocenters. The molecule has 2 aromatic carbocycles. The van der Waals surface area contributed by atoms with Gasteiger partial charge in [-0.15, -0.1) is 10.2 Å². The molecule has 1 aromatic heterocycles. The van der Waals surface area contributed by atoms with Crippen LogP contribution in [-0.2, 0) is 14.8 Å². The first-order valence-corrected chi connectivity index (χ1v) is 11.7. The summed E-state index contributed by atoms with van der Waals surface area (Å²) in [6.45, 7) is 3.50. The molecule has 8 nitrogen and oxygen atoms in total. The van der Waals surface area contributed by atoms with E-state index in [-0.39, 0.29) is 0 Å². The number of carbonyl (C=O) groups excluding carboxylic acids is 1. The normalized spacial score (nSPS) is 12.3.